The van der Waals surface area contributed by atoms with E-state index in [2.05, 4.69) is 216 Å². The highest BCUT2D eigenvalue weighted by Crippen LogP contribution is 2.52. The van der Waals surface area contributed by atoms with Crippen molar-refractivity contribution in [2.24, 2.45) is 0 Å². The van der Waals surface area contributed by atoms with Gasteiger partial charge in [-0.1, -0.05) is 170 Å². The number of pyridine rings is 2. The number of aromatic nitrogens is 2. The Balaban J connectivity index is 0.993. The highest BCUT2D eigenvalue weighted by atomic mass is 14.6. The minimum absolute atomic E-state index is 1.10. The Morgan fingerprint density at radius 2 is 0.500 bits per heavy atom. The monoisotopic (exact) mass is 860 g/mol. The molecule has 14 rings (SSSR count). The summed E-state index contributed by atoms with van der Waals surface area (Å²) < 4.78 is 0. The molecule has 0 fully saturated rings. The average Bonchev–Trinajstić information content (AvgIpc) is 3.93. The number of benzene rings is 10. The summed E-state index contributed by atoms with van der Waals surface area (Å²) in [4.78, 5) is 8.77. The van der Waals surface area contributed by atoms with Gasteiger partial charge in [-0.3, -0.25) is 9.97 Å². The molecule has 2 nitrogen and oxygen atoms in total. The van der Waals surface area contributed by atoms with Crippen molar-refractivity contribution < 1.29 is 0 Å². The third-order valence-corrected chi connectivity index (χ3v) is 14.3. The molecule has 68 heavy (non-hydrogen) atoms. The first-order valence-electron chi connectivity index (χ1n) is 23.3. The second-order valence-electron chi connectivity index (χ2n) is 18.1. The van der Waals surface area contributed by atoms with E-state index in [1.807, 2.05) is 36.9 Å². The highest BCUT2D eigenvalue weighted by molar-refractivity contribution is 6.20. The number of nitrogens with zero attached hydrogens (tertiary/aromatic N) is 2. The summed E-state index contributed by atoms with van der Waals surface area (Å²) in [5, 5.41) is 5.20. The summed E-state index contributed by atoms with van der Waals surface area (Å²) in [7, 11) is 0. The summed E-state index contributed by atoms with van der Waals surface area (Å²) >= 11 is 0. The van der Waals surface area contributed by atoms with Gasteiger partial charge in [-0.2, -0.15) is 0 Å². The summed E-state index contributed by atoms with van der Waals surface area (Å²) in [5.41, 5.74) is 26.7. The van der Waals surface area contributed by atoms with Crippen LogP contribution in [0.25, 0.3) is 144 Å². The largest absolute Gasteiger partial charge is 0.264 e. The average molecular weight is 861 g/mol. The Labute approximate surface area is 395 Å². The number of hydrogen-bond acceptors (Lipinski definition) is 2. The van der Waals surface area contributed by atoms with Gasteiger partial charge in [-0.25, -0.2) is 0 Å². The van der Waals surface area contributed by atoms with Gasteiger partial charge in [0, 0.05) is 24.8 Å². The Hall–Kier alpha value is -8.98. The molecule has 2 heteroatoms. The van der Waals surface area contributed by atoms with E-state index < -0.39 is 0 Å². The lowest BCUT2D eigenvalue weighted by molar-refractivity contribution is 1.33. The third kappa shape index (κ3) is 6.12. The number of rotatable bonds is 7. The second-order valence-corrected chi connectivity index (χ2v) is 18.1. The molecule has 0 saturated carbocycles. The lowest BCUT2D eigenvalue weighted by Gasteiger charge is -2.17. The molecule has 0 spiro atoms. The molecule has 0 aliphatic heterocycles. The molecular weight excluding hydrogens is 821 g/mol. The predicted octanol–water partition coefficient (Wildman–Crippen LogP) is 17.7. The van der Waals surface area contributed by atoms with Gasteiger partial charge in [0.2, 0.25) is 0 Å². The van der Waals surface area contributed by atoms with Crippen molar-refractivity contribution in [2.75, 3.05) is 0 Å². The molecule has 0 N–H and O–H groups in total. The molecule has 2 aliphatic carbocycles. The molecule has 2 heterocycles. The Morgan fingerprint density at radius 1 is 0.191 bits per heavy atom. The first-order chi connectivity index (χ1) is 33.7. The Kier molecular flexibility index (Phi) is 8.62. The van der Waals surface area contributed by atoms with E-state index in [-0.39, 0.29) is 0 Å². The maximum atomic E-state index is 4.39. The zero-order chi connectivity index (χ0) is 44.7. The van der Waals surface area contributed by atoms with Gasteiger partial charge >= 0.3 is 0 Å². The SMILES string of the molecule is c1cncc(-c2ccc(-c3cc(-c4ccc(-c5cccnc5)cc4)cc(-c4cc(-c5ccc6c7c(cccc57)-c5ccccc5-6)cc(-c5ccc6c7c(cccc57)-c5ccccc5-6)c4)c3)cc2)c1. The minimum Gasteiger partial charge on any atom is -0.264 e. The van der Waals surface area contributed by atoms with Crippen LogP contribution < -0.4 is 0 Å². The number of hydrogen-bond donors (Lipinski definition) is 0. The van der Waals surface area contributed by atoms with Crippen LogP contribution in [-0.4, -0.2) is 9.97 Å². The van der Waals surface area contributed by atoms with Crippen LogP contribution in [0.1, 0.15) is 0 Å². The van der Waals surface area contributed by atoms with Gasteiger partial charge in [-0.15, -0.1) is 0 Å². The first kappa shape index (κ1) is 38.3. The van der Waals surface area contributed by atoms with Gasteiger partial charge < -0.3 is 0 Å². The third-order valence-electron chi connectivity index (χ3n) is 14.3. The van der Waals surface area contributed by atoms with E-state index in [1.165, 1.54) is 88.3 Å². The molecule has 0 bridgehead atoms. The summed E-state index contributed by atoms with van der Waals surface area (Å²) in [6, 6.07) is 81.1. The van der Waals surface area contributed by atoms with Crippen molar-refractivity contribution in [3.63, 3.8) is 0 Å². The Bertz CT molecular complexity index is 3670. The van der Waals surface area contributed by atoms with E-state index in [1.54, 1.807) is 0 Å². The molecular formula is C66H40N2. The van der Waals surface area contributed by atoms with Crippen molar-refractivity contribution >= 4 is 21.5 Å². The van der Waals surface area contributed by atoms with E-state index in [0.717, 1.165) is 55.6 Å². The van der Waals surface area contributed by atoms with Crippen LogP contribution in [-0.2, 0) is 0 Å². The molecule has 0 saturated heterocycles. The normalized spacial score (nSPS) is 11.8. The van der Waals surface area contributed by atoms with Crippen molar-refractivity contribution in [3.8, 4) is 122 Å². The van der Waals surface area contributed by atoms with Crippen LogP contribution in [0.3, 0.4) is 0 Å². The van der Waals surface area contributed by atoms with Crippen molar-refractivity contribution in [1.29, 1.82) is 0 Å². The van der Waals surface area contributed by atoms with Crippen LogP contribution in [0, 0.1) is 0 Å². The summed E-state index contributed by atoms with van der Waals surface area (Å²) in [5.74, 6) is 0. The van der Waals surface area contributed by atoms with Gasteiger partial charge in [0.1, 0.15) is 0 Å². The van der Waals surface area contributed by atoms with Crippen molar-refractivity contribution in [3.05, 3.63) is 243 Å². The molecule has 0 radical (unpaired) electrons. The summed E-state index contributed by atoms with van der Waals surface area (Å²) in [6.45, 7) is 0. The van der Waals surface area contributed by atoms with Crippen molar-refractivity contribution in [1.82, 2.24) is 9.97 Å². The van der Waals surface area contributed by atoms with Crippen LogP contribution in [0.15, 0.2) is 243 Å². The summed E-state index contributed by atoms with van der Waals surface area (Å²) in [6.07, 6.45) is 7.50. The predicted molar refractivity (Wildman–Crippen MR) is 284 cm³/mol. The molecule has 2 aliphatic rings. The molecule has 10 aromatic carbocycles. The Morgan fingerprint density at radius 3 is 0.882 bits per heavy atom. The van der Waals surface area contributed by atoms with Crippen LogP contribution >= 0.6 is 0 Å². The minimum atomic E-state index is 1.10. The molecule has 0 amide bonds. The quantitative estimate of drug-likeness (QED) is 0.160. The zero-order valence-corrected chi connectivity index (χ0v) is 37.0. The second kappa shape index (κ2) is 15.3. The number of fused-ring (bicyclic) bond motifs is 6. The smallest absolute Gasteiger partial charge is 0.0346 e. The fourth-order valence-corrected chi connectivity index (χ4v) is 11.1. The zero-order valence-electron chi connectivity index (χ0n) is 37.0. The molecule has 314 valence electrons. The van der Waals surface area contributed by atoms with E-state index in [0.29, 0.717) is 0 Å². The standard InChI is InChI=1S/C66H40N2/c1-3-13-57-55(11-1)61-17-5-15-59-53(27-29-63(57)65(59)61)51-36-50(37-52(38-51)54-28-30-64-58-14-4-2-12-56(58)62-18-6-16-60(54)66(62)64)49-34-47(43-23-19-41(20-24-43)45-9-7-31-67-39-45)33-48(35-49)44-25-21-42(22-26-44)46-10-8-32-68-40-46/h1-40H. The van der Waals surface area contributed by atoms with Crippen molar-refractivity contribution in [2.45, 2.75) is 0 Å². The first-order valence-corrected chi connectivity index (χ1v) is 23.3. The maximum Gasteiger partial charge on any atom is 0.0346 e. The fraction of sp³-hybridized carbons (Fsp3) is 0. The van der Waals surface area contributed by atoms with Gasteiger partial charge in [-0.05, 0) is 192 Å². The molecule has 12 aromatic rings. The lowest BCUT2D eigenvalue weighted by Crippen LogP contribution is -1.91. The van der Waals surface area contributed by atoms with E-state index >= 15 is 0 Å². The maximum absolute atomic E-state index is 4.39. The molecule has 0 atom stereocenters. The lowest BCUT2D eigenvalue weighted by atomic mass is 9.87. The molecule has 2 aromatic heterocycles. The van der Waals surface area contributed by atoms with E-state index in [4.69, 9.17) is 0 Å². The van der Waals surface area contributed by atoms with Crippen LogP contribution in [0.5, 0.6) is 0 Å². The van der Waals surface area contributed by atoms with Gasteiger partial charge in [0.05, 0.1) is 0 Å². The van der Waals surface area contributed by atoms with Crippen LogP contribution in [0.4, 0.5) is 0 Å². The van der Waals surface area contributed by atoms with E-state index in [9.17, 15) is 0 Å². The highest BCUT2D eigenvalue weighted by Gasteiger charge is 2.25. The molecule has 0 unspecified atom stereocenters. The topological polar surface area (TPSA) is 25.8 Å². The van der Waals surface area contributed by atoms with Crippen LogP contribution in [0.2, 0.25) is 0 Å². The van der Waals surface area contributed by atoms with Gasteiger partial charge in [0.15, 0.2) is 0 Å². The fourth-order valence-electron chi connectivity index (χ4n) is 11.1. The van der Waals surface area contributed by atoms with Gasteiger partial charge in [0.25, 0.3) is 0 Å².